The second-order valence-electron chi connectivity index (χ2n) is 16.6. The second-order valence-corrected chi connectivity index (χ2v) is 18.4. The molecule has 2 unspecified atom stereocenters. The Morgan fingerprint density at radius 3 is 1.88 bits per heavy atom. The molecule has 280 valence electrons. The molecule has 1 spiro atoms. The lowest BCUT2D eigenvalue weighted by atomic mass is 9.48. The minimum Gasteiger partial charge on any atom is -0.310 e. The number of benzene rings is 7. The summed E-state index contributed by atoms with van der Waals surface area (Å²) in [7, 11) is -3.73. The molecule has 11 rings (SSSR count). The molecule has 5 heteroatoms. The Balaban J connectivity index is 1.14. The fraction of sp³-hybridized carbons (Fsp3) is 0.192. The zero-order valence-corrected chi connectivity index (χ0v) is 32.9. The van der Waals surface area contributed by atoms with Crippen molar-refractivity contribution in [2.75, 3.05) is 4.90 Å². The van der Waals surface area contributed by atoms with Crippen LogP contribution in [0.5, 0.6) is 0 Å². The summed E-state index contributed by atoms with van der Waals surface area (Å²) >= 11 is 0. The number of fused-ring (bicyclic) bond motifs is 5. The van der Waals surface area contributed by atoms with Crippen molar-refractivity contribution in [3.63, 3.8) is 0 Å². The highest BCUT2D eigenvalue weighted by Crippen LogP contribution is 2.64. The van der Waals surface area contributed by atoms with Gasteiger partial charge in [0.2, 0.25) is 9.84 Å². The van der Waals surface area contributed by atoms with E-state index in [1.54, 1.807) is 0 Å². The summed E-state index contributed by atoms with van der Waals surface area (Å²) in [6.07, 6.45) is 5.65. The Morgan fingerprint density at radius 2 is 1.16 bits per heavy atom. The zero-order valence-electron chi connectivity index (χ0n) is 32.1. The van der Waals surface area contributed by atoms with Gasteiger partial charge in [0.25, 0.3) is 0 Å². The minimum atomic E-state index is -3.73. The van der Waals surface area contributed by atoms with Crippen molar-refractivity contribution in [2.45, 2.75) is 54.2 Å². The number of nitrogens with zero attached hydrogens (tertiary/aromatic N) is 2. The average Bonchev–Trinajstić information content (AvgIpc) is 3.58. The zero-order chi connectivity index (χ0) is 38.3. The van der Waals surface area contributed by atoms with Gasteiger partial charge >= 0.3 is 0 Å². The van der Waals surface area contributed by atoms with E-state index >= 15 is 0 Å². The second kappa shape index (κ2) is 13.1. The van der Waals surface area contributed by atoms with E-state index in [9.17, 15) is 8.42 Å². The highest BCUT2D eigenvalue weighted by atomic mass is 32.2. The molecule has 0 amide bonds. The lowest BCUT2D eigenvalue weighted by Crippen LogP contribution is -2.53. The number of sulfone groups is 1. The molecule has 4 nitrogen and oxygen atoms in total. The molecule has 2 fully saturated rings. The van der Waals surface area contributed by atoms with Gasteiger partial charge in [-0.1, -0.05) is 116 Å². The average molecular weight is 761 g/mol. The summed E-state index contributed by atoms with van der Waals surface area (Å²) in [4.78, 5) is 3.33. The molecule has 3 aliphatic rings. The van der Waals surface area contributed by atoms with Crippen LogP contribution in [-0.2, 0) is 15.3 Å². The van der Waals surface area contributed by atoms with E-state index in [-0.39, 0.29) is 5.41 Å². The van der Waals surface area contributed by atoms with Crippen LogP contribution in [0.4, 0.5) is 17.1 Å². The first kappa shape index (κ1) is 34.3. The summed E-state index contributed by atoms with van der Waals surface area (Å²) in [5.74, 6) is 1.37. The topological polar surface area (TPSA) is 42.3 Å². The minimum absolute atomic E-state index is 0.358. The van der Waals surface area contributed by atoms with E-state index < -0.39 is 9.84 Å². The molecule has 2 bridgehead atoms. The Hall–Kier alpha value is -5.91. The monoisotopic (exact) mass is 760 g/mol. The SMILES string of the molecule is CC1C[C@H]2CCC[C@@H](C1)C21c2ccccc2S(=O)(=O)c2ccc(N(c3ccc(-n4c5ccccc5c5ccccc54)cc3)c3ccccc3-c3ccccc3)cc21. The molecule has 0 radical (unpaired) electrons. The predicted octanol–water partition coefficient (Wildman–Crippen LogP) is 13.2. The van der Waals surface area contributed by atoms with Gasteiger partial charge in [-0.05, 0) is 127 Å². The van der Waals surface area contributed by atoms with Gasteiger partial charge in [0.1, 0.15) is 0 Å². The lowest BCUT2D eigenvalue weighted by molar-refractivity contribution is 0.0488. The molecule has 1 aromatic heterocycles. The summed E-state index contributed by atoms with van der Waals surface area (Å²) < 4.78 is 31.7. The maximum Gasteiger partial charge on any atom is 0.207 e. The summed E-state index contributed by atoms with van der Waals surface area (Å²) in [6, 6.07) is 59.5. The van der Waals surface area contributed by atoms with Gasteiger partial charge in [-0.3, -0.25) is 0 Å². The molecule has 2 aliphatic carbocycles. The first-order valence-corrected chi connectivity index (χ1v) is 22.0. The molecule has 4 atom stereocenters. The Bertz CT molecular complexity index is 2880. The number of anilines is 3. The van der Waals surface area contributed by atoms with Crippen LogP contribution < -0.4 is 4.90 Å². The Labute approximate surface area is 335 Å². The van der Waals surface area contributed by atoms with E-state index in [2.05, 4.69) is 162 Å². The number of para-hydroxylation sites is 3. The molecular weight excluding hydrogens is 717 g/mol. The molecule has 57 heavy (non-hydrogen) atoms. The van der Waals surface area contributed by atoms with Gasteiger partial charge in [-0.2, -0.15) is 0 Å². The summed E-state index contributed by atoms with van der Waals surface area (Å²) in [6.45, 7) is 2.40. The highest BCUT2D eigenvalue weighted by Gasteiger charge is 2.58. The van der Waals surface area contributed by atoms with E-state index in [0.29, 0.717) is 27.5 Å². The van der Waals surface area contributed by atoms with Crippen LogP contribution in [0.15, 0.2) is 180 Å². The molecule has 8 aromatic rings. The van der Waals surface area contributed by atoms with Crippen LogP contribution in [0, 0.1) is 17.8 Å². The third kappa shape index (κ3) is 5.07. The van der Waals surface area contributed by atoms with Crippen molar-refractivity contribution in [1.82, 2.24) is 4.57 Å². The Morgan fingerprint density at radius 1 is 0.579 bits per heavy atom. The van der Waals surface area contributed by atoms with Crippen molar-refractivity contribution in [1.29, 1.82) is 0 Å². The predicted molar refractivity (Wildman–Crippen MR) is 233 cm³/mol. The van der Waals surface area contributed by atoms with Gasteiger partial charge in [0.05, 0.1) is 26.5 Å². The summed E-state index contributed by atoms with van der Waals surface area (Å²) in [5, 5.41) is 2.47. The Kier molecular flexibility index (Phi) is 7.88. The maximum absolute atomic E-state index is 14.7. The van der Waals surface area contributed by atoms with Crippen molar-refractivity contribution in [2.24, 2.45) is 17.8 Å². The van der Waals surface area contributed by atoms with Crippen LogP contribution in [-0.4, -0.2) is 13.0 Å². The fourth-order valence-electron chi connectivity index (χ4n) is 11.4. The molecule has 1 aliphatic heterocycles. The third-order valence-corrected chi connectivity index (χ3v) is 15.4. The molecule has 0 N–H and O–H groups in total. The number of rotatable bonds is 5. The first-order valence-electron chi connectivity index (χ1n) is 20.5. The van der Waals surface area contributed by atoms with Gasteiger partial charge in [0, 0.05) is 38.8 Å². The van der Waals surface area contributed by atoms with Crippen LogP contribution in [0.2, 0.25) is 0 Å². The largest absolute Gasteiger partial charge is 0.310 e. The van der Waals surface area contributed by atoms with Crippen LogP contribution in [0.25, 0.3) is 38.6 Å². The van der Waals surface area contributed by atoms with Gasteiger partial charge in [0.15, 0.2) is 0 Å². The molecule has 2 heterocycles. The highest BCUT2D eigenvalue weighted by molar-refractivity contribution is 7.91. The molecule has 2 saturated carbocycles. The number of hydrogen-bond donors (Lipinski definition) is 0. The van der Waals surface area contributed by atoms with Crippen molar-refractivity contribution < 1.29 is 8.42 Å². The van der Waals surface area contributed by atoms with Crippen molar-refractivity contribution in [3.05, 3.63) is 181 Å². The standard InChI is InChI=1S/C52H44N2O2S/c1-35-32-37-16-13-17-38(33-35)52(37)45-21-8-12-25-50(45)57(55,56)51-31-30-41(34-46(51)52)53(47-22-9-5-18-42(47)36-14-3-2-4-15-36)39-26-28-40(29-27-39)54-48-23-10-6-19-43(48)44-20-7-11-24-49(44)54/h2-12,14-15,18-31,34-35,37-38H,13,16-17,32-33H2,1H3/t35?,37-,38+,52?. The van der Waals surface area contributed by atoms with Crippen molar-refractivity contribution in [3.8, 4) is 16.8 Å². The van der Waals surface area contributed by atoms with Gasteiger partial charge in [-0.25, -0.2) is 8.42 Å². The van der Waals surface area contributed by atoms with E-state index in [1.165, 1.54) is 28.2 Å². The fourth-order valence-corrected chi connectivity index (χ4v) is 13.2. The lowest BCUT2D eigenvalue weighted by Gasteiger charge is -2.57. The molecule has 0 saturated heterocycles. The number of aromatic nitrogens is 1. The third-order valence-electron chi connectivity index (χ3n) is 13.5. The quantitative estimate of drug-likeness (QED) is 0.175. The van der Waals surface area contributed by atoms with E-state index in [4.69, 9.17) is 0 Å². The first-order chi connectivity index (χ1) is 27.9. The number of hydrogen-bond acceptors (Lipinski definition) is 3. The van der Waals surface area contributed by atoms with Crippen LogP contribution in [0.1, 0.15) is 50.2 Å². The normalized spacial score (nSPS) is 21.9. The summed E-state index contributed by atoms with van der Waals surface area (Å²) in [5.41, 5.74) is 10.3. The molecule has 7 aromatic carbocycles. The van der Waals surface area contributed by atoms with E-state index in [0.717, 1.165) is 70.7 Å². The van der Waals surface area contributed by atoms with Crippen LogP contribution >= 0.6 is 0 Å². The van der Waals surface area contributed by atoms with E-state index in [1.807, 2.05) is 24.3 Å². The van der Waals surface area contributed by atoms with Gasteiger partial charge in [-0.15, -0.1) is 0 Å². The van der Waals surface area contributed by atoms with Crippen LogP contribution in [0.3, 0.4) is 0 Å². The van der Waals surface area contributed by atoms with Crippen molar-refractivity contribution >= 4 is 48.7 Å². The molecular formula is C52H44N2O2S. The smallest absolute Gasteiger partial charge is 0.207 e. The maximum atomic E-state index is 14.7. The van der Waals surface area contributed by atoms with Gasteiger partial charge < -0.3 is 9.47 Å².